The van der Waals surface area contributed by atoms with Gasteiger partial charge in [0.1, 0.15) is 12.4 Å². The second kappa shape index (κ2) is 13.2. The number of hydrogen-bond acceptors (Lipinski definition) is 6. The van der Waals surface area contributed by atoms with Gasteiger partial charge >= 0.3 is 0 Å². The Kier molecular flexibility index (Phi) is 10.0. The van der Waals surface area contributed by atoms with Crippen molar-refractivity contribution in [2.45, 2.75) is 17.1 Å². The zero-order chi connectivity index (χ0) is 26.0. The van der Waals surface area contributed by atoms with Gasteiger partial charge in [0.2, 0.25) is 5.91 Å². The molecule has 3 aromatic carbocycles. The molecule has 1 N–H and O–H groups in total. The van der Waals surface area contributed by atoms with Crippen molar-refractivity contribution >= 4 is 33.4 Å². The average molecular weight is 533 g/mol. The number of thioether (sulfide) groups is 1. The van der Waals surface area contributed by atoms with Crippen molar-refractivity contribution in [3.63, 3.8) is 0 Å². The van der Waals surface area contributed by atoms with Crippen LogP contribution in [-0.4, -0.2) is 47.4 Å². The van der Waals surface area contributed by atoms with E-state index in [1.807, 2.05) is 0 Å². The minimum absolute atomic E-state index is 0.0668. The van der Waals surface area contributed by atoms with E-state index in [9.17, 15) is 17.6 Å². The molecule has 7 nitrogen and oxygen atoms in total. The van der Waals surface area contributed by atoms with Crippen LogP contribution in [0.5, 0.6) is 11.5 Å². The van der Waals surface area contributed by atoms with Crippen LogP contribution in [-0.2, 0) is 20.6 Å². The Labute approximate surface area is 215 Å². The molecular formula is C26H29FN2O5S2. The minimum Gasteiger partial charge on any atom is -0.493 e. The lowest BCUT2D eigenvalue weighted by Crippen LogP contribution is -2.41. The lowest BCUT2D eigenvalue weighted by molar-refractivity contribution is -0.119. The second-order valence-electron chi connectivity index (χ2n) is 7.71. The molecule has 0 saturated carbocycles. The first kappa shape index (κ1) is 27.3. The van der Waals surface area contributed by atoms with E-state index >= 15 is 0 Å². The Hall–Kier alpha value is -3.24. The molecule has 0 bridgehead atoms. The quantitative estimate of drug-likeness (QED) is 0.327. The number of nitrogens with one attached hydrogen (secondary N) is 1. The highest BCUT2D eigenvalue weighted by molar-refractivity contribution is 7.98. The van der Waals surface area contributed by atoms with E-state index in [0.717, 1.165) is 10.1 Å². The summed E-state index contributed by atoms with van der Waals surface area (Å²) in [5.74, 6) is 1.38. The Bertz CT molecular complexity index is 1260. The molecule has 0 unspecified atom stereocenters. The predicted molar refractivity (Wildman–Crippen MR) is 141 cm³/mol. The lowest BCUT2D eigenvalue weighted by atomic mass is 10.2. The number of amides is 1. The van der Waals surface area contributed by atoms with Gasteiger partial charge in [-0.25, -0.2) is 12.8 Å². The van der Waals surface area contributed by atoms with Crippen LogP contribution >= 0.6 is 11.8 Å². The summed E-state index contributed by atoms with van der Waals surface area (Å²) in [6.45, 7) is -0.0383. The van der Waals surface area contributed by atoms with Crippen molar-refractivity contribution in [1.29, 1.82) is 0 Å². The molecule has 36 heavy (non-hydrogen) atoms. The number of carbonyl (C=O) groups excluding carboxylic acids is 1. The topological polar surface area (TPSA) is 84.9 Å². The van der Waals surface area contributed by atoms with Crippen molar-refractivity contribution in [3.8, 4) is 11.5 Å². The molecule has 0 spiro atoms. The van der Waals surface area contributed by atoms with E-state index in [1.54, 1.807) is 60.3 Å². The fourth-order valence-electron chi connectivity index (χ4n) is 3.40. The van der Waals surface area contributed by atoms with E-state index in [1.165, 1.54) is 38.5 Å². The minimum atomic E-state index is -4.03. The Morgan fingerprint density at radius 1 is 0.972 bits per heavy atom. The van der Waals surface area contributed by atoms with Crippen LogP contribution < -0.4 is 19.1 Å². The molecular weight excluding hydrogens is 503 g/mol. The van der Waals surface area contributed by atoms with Crippen LogP contribution in [0.3, 0.4) is 0 Å². The molecule has 3 rings (SSSR count). The number of methoxy groups -OCH3 is 2. The molecule has 0 heterocycles. The van der Waals surface area contributed by atoms with Crippen LogP contribution in [0.2, 0.25) is 0 Å². The van der Waals surface area contributed by atoms with Gasteiger partial charge in [-0.2, -0.15) is 11.8 Å². The number of hydrogen-bond donors (Lipinski definition) is 1. The lowest BCUT2D eigenvalue weighted by Gasteiger charge is -2.25. The molecule has 192 valence electrons. The third-order valence-corrected chi connectivity index (χ3v) is 8.16. The van der Waals surface area contributed by atoms with Gasteiger partial charge in [0.05, 0.1) is 24.8 Å². The van der Waals surface area contributed by atoms with Gasteiger partial charge in [0, 0.05) is 18.4 Å². The Morgan fingerprint density at radius 3 is 2.36 bits per heavy atom. The Balaban J connectivity index is 1.65. The maximum absolute atomic E-state index is 13.7. The number of sulfonamides is 1. The fraction of sp³-hybridized carbons (Fsp3) is 0.269. The highest BCUT2D eigenvalue weighted by Crippen LogP contribution is 2.33. The number of benzene rings is 3. The molecule has 0 saturated heterocycles. The standard InChI is InChI=1S/C26H29FN2O5S2/c1-33-24-14-13-21(17-25(24)34-2)29(36(31,32)22-10-4-3-5-11-22)18-26(30)28-15-8-16-35-19-20-9-6-7-12-23(20)27/h3-7,9-14,17H,8,15-16,18-19H2,1-2H3,(H,28,30). The summed E-state index contributed by atoms with van der Waals surface area (Å²) in [4.78, 5) is 12.8. The van der Waals surface area contributed by atoms with E-state index < -0.39 is 22.5 Å². The fourth-order valence-corrected chi connectivity index (χ4v) is 5.78. The third-order valence-electron chi connectivity index (χ3n) is 5.28. The second-order valence-corrected chi connectivity index (χ2v) is 10.7. The van der Waals surface area contributed by atoms with Crippen molar-refractivity contribution in [2.24, 2.45) is 0 Å². The van der Waals surface area contributed by atoms with E-state index in [-0.39, 0.29) is 16.4 Å². The summed E-state index contributed by atoms with van der Waals surface area (Å²) in [5, 5.41) is 2.78. The number of anilines is 1. The summed E-state index contributed by atoms with van der Waals surface area (Å²) in [5.41, 5.74) is 0.912. The summed E-state index contributed by atoms with van der Waals surface area (Å²) in [6, 6.07) is 19.2. The summed E-state index contributed by atoms with van der Waals surface area (Å²) >= 11 is 1.57. The largest absolute Gasteiger partial charge is 0.493 e. The van der Waals surface area contributed by atoms with Gasteiger partial charge in [0.25, 0.3) is 10.0 Å². The highest BCUT2D eigenvalue weighted by Gasteiger charge is 2.28. The third kappa shape index (κ3) is 7.14. The molecule has 1 amide bonds. The predicted octanol–water partition coefficient (Wildman–Crippen LogP) is 4.48. The first-order valence-electron chi connectivity index (χ1n) is 11.2. The molecule has 0 aromatic heterocycles. The molecule has 0 aliphatic rings. The smallest absolute Gasteiger partial charge is 0.264 e. The first-order valence-corrected chi connectivity index (χ1v) is 13.8. The number of rotatable bonds is 13. The van der Waals surface area contributed by atoms with Crippen LogP contribution in [0.25, 0.3) is 0 Å². The molecule has 0 atom stereocenters. The summed E-state index contributed by atoms with van der Waals surface area (Å²) < 4.78 is 52.2. The van der Waals surface area contributed by atoms with Gasteiger partial charge in [-0.15, -0.1) is 0 Å². The van der Waals surface area contributed by atoms with Gasteiger partial charge in [-0.05, 0) is 48.1 Å². The zero-order valence-electron chi connectivity index (χ0n) is 20.1. The van der Waals surface area contributed by atoms with Crippen molar-refractivity contribution < 1.29 is 27.1 Å². The maximum atomic E-state index is 13.7. The van der Waals surface area contributed by atoms with Crippen LogP contribution in [0.15, 0.2) is 77.7 Å². The van der Waals surface area contributed by atoms with Crippen LogP contribution in [0.4, 0.5) is 10.1 Å². The van der Waals surface area contributed by atoms with Gasteiger partial charge in [0.15, 0.2) is 11.5 Å². The molecule has 3 aromatic rings. The number of carbonyl (C=O) groups is 1. The SMILES string of the molecule is COc1ccc(N(CC(=O)NCCCSCc2ccccc2F)S(=O)(=O)c2ccccc2)cc1OC. The normalized spacial score (nSPS) is 11.1. The summed E-state index contributed by atoms with van der Waals surface area (Å²) in [6.07, 6.45) is 0.659. The van der Waals surface area contributed by atoms with Gasteiger partial charge < -0.3 is 14.8 Å². The summed E-state index contributed by atoms with van der Waals surface area (Å²) in [7, 11) is -1.09. The highest BCUT2D eigenvalue weighted by atomic mass is 32.2. The van der Waals surface area contributed by atoms with E-state index in [2.05, 4.69) is 5.32 Å². The molecule has 0 aliphatic heterocycles. The first-order chi connectivity index (χ1) is 17.4. The van der Waals surface area contributed by atoms with Gasteiger partial charge in [-0.1, -0.05) is 36.4 Å². The molecule has 0 radical (unpaired) electrons. The number of ether oxygens (including phenoxy) is 2. The maximum Gasteiger partial charge on any atom is 0.264 e. The monoisotopic (exact) mass is 532 g/mol. The molecule has 0 fully saturated rings. The average Bonchev–Trinajstić information content (AvgIpc) is 2.90. The molecule has 0 aliphatic carbocycles. The van der Waals surface area contributed by atoms with E-state index in [4.69, 9.17) is 9.47 Å². The molecule has 10 heteroatoms. The van der Waals surface area contributed by atoms with Crippen molar-refractivity contribution in [3.05, 3.63) is 84.2 Å². The van der Waals surface area contributed by atoms with E-state index in [0.29, 0.717) is 35.8 Å². The number of halogens is 1. The van der Waals surface area contributed by atoms with Crippen molar-refractivity contribution in [2.75, 3.05) is 37.4 Å². The Morgan fingerprint density at radius 2 is 1.67 bits per heavy atom. The van der Waals surface area contributed by atoms with Crippen molar-refractivity contribution in [1.82, 2.24) is 5.32 Å². The van der Waals surface area contributed by atoms with Crippen LogP contribution in [0.1, 0.15) is 12.0 Å². The number of nitrogens with zero attached hydrogens (tertiary/aromatic N) is 1. The van der Waals surface area contributed by atoms with Gasteiger partial charge in [-0.3, -0.25) is 9.10 Å². The van der Waals surface area contributed by atoms with Crippen LogP contribution in [0, 0.1) is 5.82 Å². The zero-order valence-corrected chi connectivity index (χ0v) is 21.8.